The zero-order chi connectivity index (χ0) is 17.2. The first-order valence-corrected chi connectivity index (χ1v) is 8.81. The van der Waals surface area contributed by atoms with Crippen LogP contribution in [0.15, 0.2) is 30.5 Å². The monoisotopic (exact) mass is 328 g/mol. The van der Waals surface area contributed by atoms with Crippen molar-refractivity contribution in [1.29, 1.82) is 0 Å². The highest BCUT2D eigenvalue weighted by atomic mass is 16.2. The van der Waals surface area contributed by atoms with E-state index in [-0.39, 0.29) is 11.4 Å². The number of H-pyrrole nitrogens is 1. The lowest BCUT2D eigenvalue weighted by Crippen LogP contribution is -2.53. The topological polar surface area (TPSA) is 74.1 Å². The van der Waals surface area contributed by atoms with Crippen LogP contribution in [0.2, 0.25) is 0 Å². The molecule has 0 spiro atoms. The van der Waals surface area contributed by atoms with Gasteiger partial charge in [0.1, 0.15) is 0 Å². The molecule has 5 heteroatoms. The first-order chi connectivity index (χ1) is 11.5. The lowest BCUT2D eigenvalue weighted by atomic mass is 10.0. The standard InChI is InChI=1S/C19H28N4O/c1-19(2,23-9-5-6-10-23)13-22-18(24)16(20)11-14-12-21-17-8-4-3-7-15(14)17/h3-4,7-8,12,16,21H,5-6,9-11,13,20H2,1-2H3,(H,22,24)/t16-/m0/s1. The van der Waals surface area contributed by atoms with Crippen molar-refractivity contribution in [2.75, 3.05) is 19.6 Å². The second-order valence-electron chi connectivity index (χ2n) is 7.39. The molecule has 1 aliphatic rings. The molecule has 3 rings (SSSR count). The second kappa shape index (κ2) is 6.95. The highest BCUT2D eigenvalue weighted by Crippen LogP contribution is 2.21. The van der Waals surface area contributed by atoms with Crippen LogP contribution in [0, 0.1) is 0 Å². The molecule has 1 saturated heterocycles. The molecule has 0 aliphatic carbocycles. The molecule has 4 N–H and O–H groups in total. The first-order valence-electron chi connectivity index (χ1n) is 8.81. The molecule has 2 heterocycles. The number of hydrogen-bond acceptors (Lipinski definition) is 3. The van der Waals surface area contributed by atoms with Gasteiger partial charge in [-0.2, -0.15) is 0 Å². The van der Waals surface area contributed by atoms with Crippen molar-refractivity contribution in [3.8, 4) is 0 Å². The Morgan fingerprint density at radius 1 is 1.33 bits per heavy atom. The molecule has 2 aromatic rings. The summed E-state index contributed by atoms with van der Waals surface area (Å²) in [6.45, 7) is 7.23. The van der Waals surface area contributed by atoms with Crippen LogP contribution in [0.25, 0.3) is 10.9 Å². The maximum absolute atomic E-state index is 12.4. The summed E-state index contributed by atoms with van der Waals surface area (Å²) >= 11 is 0. The molecule has 1 aromatic carbocycles. The number of amides is 1. The number of aromatic amines is 1. The number of nitrogens with zero attached hydrogens (tertiary/aromatic N) is 1. The van der Waals surface area contributed by atoms with Gasteiger partial charge >= 0.3 is 0 Å². The Bertz CT molecular complexity index is 700. The Kier molecular flexibility index (Phi) is 4.92. The Balaban J connectivity index is 1.56. The summed E-state index contributed by atoms with van der Waals surface area (Å²) in [4.78, 5) is 18.1. The number of fused-ring (bicyclic) bond motifs is 1. The third-order valence-electron chi connectivity index (χ3n) is 5.11. The van der Waals surface area contributed by atoms with Crippen LogP contribution in [0.4, 0.5) is 0 Å². The Morgan fingerprint density at radius 3 is 2.79 bits per heavy atom. The van der Waals surface area contributed by atoms with Crippen molar-refractivity contribution in [1.82, 2.24) is 15.2 Å². The van der Waals surface area contributed by atoms with Gasteiger partial charge in [-0.15, -0.1) is 0 Å². The fourth-order valence-electron chi connectivity index (χ4n) is 3.50. The summed E-state index contributed by atoms with van der Waals surface area (Å²) < 4.78 is 0. The molecule has 0 saturated carbocycles. The molecule has 0 radical (unpaired) electrons. The molecule has 1 aliphatic heterocycles. The van der Waals surface area contributed by atoms with Crippen molar-refractivity contribution in [3.05, 3.63) is 36.0 Å². The minimum atomic E-state index is -0.529. The molecule has 5 nitrogen and oxygen atoms in total. The second-order valence-corrected chi connectivity index (χ2v) is 7.39. The maximum atomic E-state index is 12.4. The summed E-state index contributed by atoms with van der Waals surface area (Å²) in [5.74, 6) is -0.0763. The third kappa shape index (κ3) is 3.62. The lowest BCUT2D eigenvalue weighted by molar-refractivity contribution is -0.122. The van der Waals surface area contributed by atoms with Crippen molar-refractivity contribution >= 4 is 16.8 Å². The number of nitrogens with two attached hydrogens (primary N) is 1. The van der Waals surface area contributed by atoms with Gasteiger partial charge in [0.25, 0.3) is 0 Å². The SMILES string of the molecule is CC(C)(CNC(=O)[C@@H](N)Cc1c[nH]c2ccccc12)N1CCCC1. The zero-order valence-corrected chi connectivity index (χ0v) is 14.6. The number of aromatic nitrogens is 1. The molecular weight excluding hydrogens is 300 g/mol. The Morgan fingerprint density at radius 2 is 2.04 bits per heavy atom. The molecule has 1 fully saturated rings. The van der Waals surface area contributed by atoms with E-state index in [1.165, 1.54) is 12.8 Å². The van der Waals surface area contributed by atoms with Crippen molar-refractivity contribution < 1.29 is 4.79 Å². The minimum Gasteiger partial charge on any atom is -0.361 e. The summed E-state index contributed by atoms with van der Waals surface area (Å²) in [6.07, 6.45) is 4.99. The van der Waals surface area contributed by atoms with Crippen LogP contribution in [-0.2, 0) is 11.2 Å². The number of carbonyl (C=O) groups excluding carboxylic acids is 1. The van der Waals surface area contributed by atoms with E-state index in [1.54, 1.807) is 0 Å². The van der Waals surface area contributed by atoms with E-state index in [0.29, 0.717) is 13.0 Å². The van der Waals surface area contributed by atoms with Crippen LogP contribution in [0.5, 0.6) is 0 Å². The van der Waals surface area contributed by atoms with E-state index in [4.69, 9.17) is 5.73 Å². The first kappa shape index (κ1) is 17.0. The van der Waals surface area contributed by atoms with Gasteiger partial charge in [-0.05, 0) is 57.8 Å². The normalized spacial score (nSPS) is 17.3. The van der Waals surface area contributed by atoms with Crippen LogP contribution >= 0.6 is 0 Å². The van der Waals surface area contributed by atoms with Gasteiger partial charge in [0.15, 0.2) is 0 Å². The maximum Gasteiger partial charge on any atom is 0.237 e. The average molecular weight is 328 g/mol. The van der Waals surface area contributed by atoms with Gasteiger partial charge in [0.05, 0.1) is 6.04 Å². The smallest absolute Gasteiger partial charge is 0.237 e. The van der Waals surface area contributed by atoms with Gasteiger partial charge in [0, 0.05) is 29.2 Å². The van der Waals surface area contributed by atoms with E-state index in [0.717, 1.165) is 29.6 Å². The molecule has 130 valence electrons. The van der Waals surface area contributed by atoms with E-state index < -0.39 is 6.04 Å². The van der Waals surface area contributed by atoms with Gasteiger partial charge in [-0.3, -0.25) is 9.69 Å². The van der Waals surface area contributed by atoms with Crippen molar-refractivity contribution in [2.45, 2.75) is 44.7 Å². The highest BCUT2D eigenvalue weighted by molar-refractivity contribution is 5.86. The molecule has 1 amide bonds. The van der Waals surface area contributed by atoms with Gasteiger partial charge < -0.3 is 16.0 Å². The van der Waals surface area contributed by atoms with E-state index in [1.807, 2.05) is 24.4 Å². The van der Waals surface area contributed by atoms with Crippen LogP contribution in [0.1, 0.15) is 32.3 Å². The molecule has 0 unspecified atom stereocenters. The highest BCUT2D eigenvalue weighted by Gasteiger charge is 2.29. The van der Waals surface area contributed by atoms with E-state index in [2.05, 4.69) is 35.1 Å². The zero-order valence-electron chi connectivity index (χ0n) is 14.6. The average Bonchev–Trinajstić information content (AvgIpc) is 3.23. The predicted molar refractivity (Wildman–Crippen MR) is 97.9 cm³/mol. The molecule has 1 atom stereocenters. The minimum absolute atomic E-state index is 0.0212. The fraction of sp³-hybridized carbons (Fsp3) is 0.526. The molecular formula is C19H28N4O. The quantitative estimate of drug-likeness (QED) is 0.759. The number of carbonyl (C=O) groups is 1. The van der Waals surface area contributed by atoms with Gasteiger partial charge in [0.2, 0.25) is 5.91 Å². The van der Waals surface area contributed by atoms with Crippen molar-refractivity contribution in [3.63, 3.8) is 0 Å². The number of hydrogen-bond donors (Lipinski definition) is 3. The van der Waals surface area contributed by atoms with E-state index >= 15 is 0 Å². The summed E-state index contributed by atoms with van der Waals surface area (Å²) in [5, 5.41) is 4.18. The number of benzene rings is 1. The number of para-hydroxylation sites is 1. The summed E-state index contributed by atoms with van der Waals surface area (Å²) in [6, 6.07) is 7.56. The largest absolute Gasteiger partial charge is 0.361 e. The number of likely N-dealkylation sites (tertiary alicyclic amines) is 1. The van der Waals surface area contributed by atoms with Crippen molar-refractivity contribution in [2.24, 2.45) is 5.73 Å². The fourth-order valence-corrected chi connectivity index (χ4v) is 3.50. The van der Waals surface area contributed by atoms with Gasteiger partial charge in [-0.25, -0.2) is 0 Å². The van der Waals surface area contributed by atoms with Crippen LogP contribution < -0.4 is 11.1 Å². The molecule has 1 aromatic heterocycles. The molecule has 24 heavy (non-hydrogen) atoms. The predicted octanol–water partition coefficient (Wildman–Crippen LogP) is 2.03. The third-order valence-corrected chi connectivity index (χ3v) is 5.11. The van der Waals surface area contributed by atoms with Gasteiger partial charge in [-0.1, -0.05) is 18.2 Å². The van der Waals surface area contributed by atoms with E-state index in [9.17, 15) is 4.79 Å². The Labute approximate surface area is 143 Å². The van der Waals surface area contributed by atoms with Crippen LogP contribution in [0.3, 0.4) is 0 Å². The molecule has 0 bridgehead atoms. The number of nitrogens with one attached hydrogen (secondary N) is 2. The van der Waals surface area contributed by atoms with Crippen LogP contribution in [-0.4, -0.2) is 47.0 Å². The summed E-state index contributed by atoms with van der Waals surface area (Å²) in [7, 11) is 0. The lowest BCUT2D eigenvalue weighted by Gasteiger charge is -2.35. The summed E-state index contributed by atoms with van der Waals surface area (Å²) in [5.41, 5.74) is 8.29. The Hall–Kier alpha value is -1.85. The number of rotatable bonds is 6.